The van der Waals surface area contributed by atoms with Crippen LogP contribution < -0.4 is 0 Å². The maximum absolute atomic E-state index is 4.26. The minimum Gasteiger partial charge on any atom is -0.290 e. The van der Waals surface area contributed by atoms with Crippen LogP contribution in [-0.4, -0.2) is 37.2 Å². The Labute approximate surface area is 115 Å². The fourth-order valence-electron chi connectivity index (χ4n) is 2.76. The third-order valence-corrected chi connectivity index (χ3v) is 4.78. The number of nitrogens with zero attached hydrogens (tertiary/aromatic N) is 5. The third-order valence-electron chi connectivity index (χ3n) is 4.78. The SMILES string of the molecule is CC[C@@H](C)[C@H](C)N(Cc1nnnn1C1CC1)C1CC1. The van der Waals surface area contributed by atoms with E-state index in [9.17, 15) is 0 Å². The van der Waals surface area contributed by atoms with E-state index in [1.165, 1.54) is 32.1 Å². The van der Waals surface area contributed by atoms with Crippen molar-refractivity contribution >= 4 is 0 Å². The van der Waals surface area contributed by atoms with E-state index in [1.54, 1.807) is 0 Å². The molecule has 1 heterocycles. The summed E-state index contributed by atoms with van der Waals surface area (Å²) in [6.45, 7) is 7.90. The van der Waals surface area contributed by atoms with Crippen LogP contribution in [-0.2, 0) is 6.54 Å². The van der Waals surface area contributed by atoms with Gasteiger partial charge in [-0.05, 0) is 49.0 Å². The smallest absolute Gasteiger partial charge is 0.165 e. The summed E-state index contributed by atoms with van der Waals surface area (Å²) in [5.41, 5.74) is 0. The van der Waals surface area contributed by atoms with Crippen molar-refractivity contribution in [2.24, 2.45) is 5.92 Å². The van der Waals surface area contributed by atoms with Crippen LogP contribution in [0.5, 0.6) is 0 Å². The number of rotatable bonds is 7. The van der Waals surface area contributed by atoms with Crippen LogP contribution in [0.4, 0.5) is 0 Å². The van der Waals surface area contributed by atoms with Gasteiger partial charge in [0.15, 0.2) is 5.82 Å². The van der Waals surface area contributed by atoms with Crippen LogP contribution in [0.25, 0.3) is 0 Å². The molecule has 0 saturated heterocycles. The Morgan fingerprint density at radius 3 is 2.58 bits per heavy atom. The second kappa shape index (κ2) is 5.19. The molecule has 2 fully saturated rings. The summed E-state index contributed by atoms with van der Waals surface area (Å²) in [5, 5.41) is 12.3. The fraction of sp³-hybridized carbons (Fsp3) is 0.929. The van der Waals surface area contributed by atoms with E-state index in [-0.39, 0.29) is 0 Å². The van der Waals surface area contributed by atoms with Gasteiger partial charge in [-0.1, -0.05) is 20.3 Å². The van der Waals surface area contributed by atoms with Gasteiger partial charge in [-0.3, -0.25) is 4.90 Å². The molecule has 19 heavy (non-hydrogen) atoms. The molecule has 3 rings (SSSR count). The Morgan fingerprint density at radius 2 is 2.00 bits per heavy atom. The van der Waals surface area contributed by atoms with Crippen molar-refractivity contribution in [3.05, 3.63) is 5.82 Å². The molecular weight excluding hydrogens is 238 g/mol. The predicted molar refractivity (Wildman–Crippen MR) is 73.6 cm³/mol. The van der Waals surface area contributed by atoms with Gasteiger partial charge in [0.1, 0.15) is 0 Å². The molecule has 0 spiro atoms. The molecule has 0 bridgehead atoms. The number of hydrogen-bond acceptors (Lipinski definition) is 4. The highest BCUT2D eigenvalue weighted by Gasteiger charge is 2.36. The van der Waals surface area contributed by atoms with Crippen LogP contribution in [0.15, 0.2) is 0 Å². The fourth-order valence-corrected chi connectivity index (χ4v) is 2.76. The average molecular weight is 263 g/mol. The monoisotopic (exact) mass is 263 g/mol. The summed E-state index contributed by atoms with van der Waals surface area (Å²) in [6, 6.07) is 1.94. The lowest BCUT2D eigenvalue weighted by atomic mass is 9.99. The molecule has 0 aromatic carbocycles. The summed E-state index contributed by atoms with van der Waals surface area (Å²) in [5.74, 6) is 1.79. The Kier molecular flexibility index (Phi) is 3.56. The second-order valence-corrected chi connectivity index (χ2v) is 6.30. The predicted octanol–water partition coefficient (Wildman–Crippen LogP) is 2.41. The van der Waals surface area contributed by atoms with Crippen molar-refractivity contribution in [1.82, 2.24) is 25.1 Å². The first kappa shape index (κ1) is 13.0. The van der Waals surface area contributed by atoms with Crippen molar-refractivity contribution in [3.8, 4) is 0 Å². The van der Waals surface area contributed by atoms with Gasteiger partial charge in [0, 0.05) is 12.1 Å². The highest BCUT2D eigenvalue weighted by molar-refractivity contribution is 4.95. The van der Waals surface area contributed by atoms with Gasteiger partial charge in [0.25, 0.3) is 0 Å². The van der Waals surface area contributed by atoms with Gasteiger partial charge in [0.05, 0.1) is 12.6 Å². The first-order chi connectivity index (χ1) is 9.20. The molecule has 2 saturated carbocycles. The second-order valence-electron chi connectivity index (χ2n) is 6.30. The number of hydrogen-bond donors (Lipinski definition) is 0. The zero-order chi connectivity index (χ0) is 13.4. The Hall–Kier alpha value is -0.970. The molecular formula is C14H25N5. The van der Waals surface area contributed by atoms with Crippen LogP contribution in [0.3, 0.4) is 0 Å². The Bertz CT molecular complexity index is 421. The lowest BCUT2D eigenvalue weighted by Crippen LogP contribution is -2.39. The summed E-state index contributed by atoms with van der Waals surface area (Å²) in [7, 11) is 0. The van der Waals surface area contributed by atoms with Crippen LogP contribution in [0.1, 0.15) is 64.7 Å². The van der Waals surface area contributed by atoms with E-state index in [2.05, 4.69) is 45.9 Å². The molecule has 5 heteroatoms. The minimum absolute atomic E-state index is 0.574. The highest BCUT2D eigenvalue weighted by atomic mass is 15.6. The molecule has 2 aliphatic rings. The van der Waals surface area contributed by atoms with Crippen molar-refractivity contribution < 1.29 is 0 Å². The van der Waals surface area contributed by atoms with Gasteiger partial charge in [0.2, 0.25) is 0 Å². The van der Waals surface area contributed by atoms with Crippen molar-refractivity contribution in [1.29, 1.82) is 0 Å². The Morgan fingerprint density at radius 1 is 1.26 bits per heavy atom. The molecule has 1 aromatic heterocycles. The van der Waals surface area contributed by atoms with E-state index >= 15 is 0 Å². The largest absolute Gasteiger partial charge is 0.290 e. The summed E-state index contributed by atoms with van der Waals surface area (Å²) < 4.78 is 2.05. The first-order valence-corrected chi connectivity index (χ1v) is 7.73. The number of tetrazole rings is 1. The average Bonchev–Trinajstić information content (AvgIpc) is 3.34. The molecule has 106 valence electrons. The molecule has 0 N–H and O–H groups in total. The summed E-state index contributed by atoms with van der Waals surface area (Å²) in [4.78, 5) is 2.62. The Balaban J connectivity index is 1.72. The van der Waals surface area contributed by atoms with Crippen molar-refractivity contribution in [2.75, 3.05) is 0 Å². The number of aromatic nitrogens is 4. The normalized spacial score (nSPS) is 22.7. The zero-order valence-corrected chi connectivity index (χ0v) is 12.3. The molecule has 0 aliphatic heterocycles. The third kappa shape index (κ3) is 2.81. The highest BCUT2D eigenvalue weighted by Crippen LogP contribution is 2.36. The van der Waals surface area contributed by atoms with E-state index in [0.717, 1.165) is 24.3 Å². The molecule has 0 radical (unpaired) electrons. The van der Waals surface area contributed by atoms with Crippen molar-refractivity contribution in [2.45, 2.75) is 77.5 Å². The maximum Gasteiger partial charge on any atom is 0.165 e. The van der Waals surface area contributed by atoms with Gasteiger partial charge in [-0.25, -0.2) is 4.68 Å². The first-order valence-electron chi connectivity index (χ1n) is 7.73. The van der Waals surface area contributed by atoms with Gasteiger partial charge in [-0.15, -0.1) is 5.10 Å². The zero-order valence-electron chi connectivity index (χ0n) is 12.3. The molecule has 5 nitrogen and oxygen atoms in total. The lowest BCUT2D eigenvalue weighted by Gasteiger charge is -2.32. The topological polar surface area (TPSA) is 46.8 Å². The quantitative estimate of drug-likeness (QED) is 0.758. The molecule has 2 aliphatic carbocycles. The van der Waals surface area contributed by atoms with Crippen LogP contribution in [0.2, 0.25) is 0 Å². The van der Waals surface area contributed by atoms with Gasteiger partial charge in [-0.2, -0.15) is 0 Å². The molecule has 2 atom stereocenters. The van der Waals surface area contributed by atoms with E-state index in [4.69, 9.17) is 0 Å². The maximum atomic E-state index is 4.26. The van der Waals surface area contributed by atoms with Crippen LogP contribution in [0, 0.1) is 5.92 Å². The van der Waals surface area contributed by atoms with E-state index in [1.807, 2.05) is 0 Å². The van der Waals surface area contributed by atoms with Gasteiger partial charge >= 0.3 is 0 Å². The summed E-state index contributed by atoms with van der Waals surface area (Å²) >= 11 is 0. The van der Waals surface area contributed by atoms with Gasteiger partial charge < -0.3 is 0 Å². The molecule has 1 aromatic rings. The minimum atomic E-state index is 0.574. The van der Waals surface area contributed by atoms with Crippen LogP contribution >= 0.6 is 0 Å². The standard InChI is InChI=1S/C14H25N5/c1-4-10(2)11(3)18(12-5-6-12)9-14-15-16-17-19(14)13-7-8-13/h10-13H,4-9H2,1-3H3/t10-,11+/m1/s1. The summed E-state index contributed by atoms with van der Waals surface area (Å²) in [6.07, 6.45) is 6.39. The molecule has 0 unspecified atom stereocenters. The van der Waals surface area contributed by atoms with E-state index in [0.29, 0.717) is 12.1 Å². The lowest BCUT2D eigenvalue weighted by molar-refractivity contribution is 0.135. The van der Waals surface area contributed by atoms with E-state index < -0.39 is 0 Å². The van der Waals surface area contributed by atoms with Crippen molar-refractivity contribution in [3.63, 3.8) is 0 Å². The molecule has 0 amide bonds.